The molecule has 2 N–H and O–H groups in total. The van der Waals surface area contributed by atoms with Gasteiger partial charge in [0.05, 0.1) is 8.66 Å². The summed E-state index contributed by atoms with van der Waals surface area (Å²) in [4.78, 5) is 24.8. The molecular formula is C17H14Br2N4O2S. The lowest BCUT2D eigenvalue weighted by Crippen LogP contribution is -2.22. The Morgan fingerprint density at radius 2 is 2.04 bits per heavy atom. The van der Waals surface area contributed by atoms with Crippen LogP contribution in [0.25, 0.3) is 0 Å². The van der Waals surface area contributed by atoms with E-state index in [9.17, 15) is 9.59 Å². The molecule has 134 valence electrons. The first kappa shape index (κ1) is 18.8. The summed E-state index contributed by atoms with van der Waals surface area (Å²) in [6.07, 6.45) is 3.36. The number of anilines is 1. The zero-order valence-electron chi connectivity index (χ0n) is 13.4. The Balaban J connectivity index is 1.56. The van der Waals surface area contributed by atoms with Gasteiger partial charge in [0.1, 0.15) is 6.54 Å². The molecule has 3 rings (SSSR count). The number of hydrogen-bond donors (Lipinski definition) is 2. The number of rotatable bonds is 6. The van der Waals surface area contributed by atoms with Crippen molar-refractivity contribution < 1.29 is 9.59 Å². The molecular weight excluding hydrogens is 484 g/mol. The molecule has 2 amide bonds. The summed E-state index contributed by atoms with van der Waals surface area (Å²) in [5.74, 6) is -0.308. The molecule has 2 heterocycles. The Kier molecular flexibility index (Phi) is 6.23. The predicted molar refractivity (Wildman–Crippen MR) is 108 cm³/mol. The number of carbonyl (C=O) groups is 2. The van der Waals surface area contributed by atoms with Crippen LogP contribution >= 0.6 is 43.2 Å². The van der Waals surface area contributed by atoms with Crippen LogP contribution in [-0.2, 0) is 17.9 Å². The summed E-state index contributed by atoms with van der Waals surface area (Å²) in [5, 5.41) is 9.71. The molecule has 0 radical (unpaired) electrons. The van der Waals surface area contributed by atoms with Gasteiger partial charge < -0.3 is 10.6 Å². The second-order valence-electron chi connectivity index (χ2n) is 5.37. The molecule has 0 fully saturated rings. The highest BCUT2D eigenvalue weighted by molar-refractivity contribution is 9.13. The van der Waals surface area contributed by atoms with Crippen LogP contribution in [0.1, 0.15) is 15.2 Å². The van der Waals surface area contributed by atoms with Gasteiger partial charge in [-0.3, -0.25) is 14.3 Å². The topological polar surface area (TPSA) is 76.0 Å². The van der Waals surface area contributed by atoms with E-state index in [-0.39, 0.29) is 18.4 Å². The Bertz CT molecular complexity index is 905. The van der Waals surface area contributed by atoms with E-state index in [0.717, 1.165) is 13.8 Å². The number of nitrogens with zero attached hydrogens (tertiary/aromatic N) is 2. The summed E-state index contributed by atoms with van der Waals surface area (Å²) >= 11 is 8.11. The largest absolute Gasteiger partial charge is 0.347 e. The molecule has 0 saturated heterocycles. The van der Waals surface area contributed by atoms with Gasteiger partial charge in [-0.2, -0.15) is 5.10 Å². The Morgan fingerprint density at radius 1 is 1.19 bits per heavy atom. The highest BCUT2D eigenvalue weighted by Crippen LogP contribution is 2.32. The van der Waals surface area contributed by atoms with Gasteiger partial charge in [-0.25, -0.2) is 0 Å². The maximum Gasteiger partial charge on any atom is 0.261 e. The molecule has 26 heavy (non-hydrogen) atoms. The second kappa shape index (κ2) is 8.61. The Labute approximate surface area is 170 Å². The van der Waals surface area contributed by atoms with Crippen molar-refractivity contribution in [3.8, 4) is 0 Å². The zero-order valence-corrected chi connectivity index (χ0v) is 17.4. The molecule has 0 spiro atoms. The smallest absolute Gasteiger partial charge is 0.261 e. The summed E-state index contributed by atoms with van der Waals surface area (Å²) in [6, 6.07) is 10.9. The van der Waals surface area contributed by atoms with Gasteiger partial charge in [0.25, 0.3) is 5.91 Å². The first-order chi connectivity index (χ1) is 12.5. The fourth-order valence-electron chi connectivity index (χ4n) is 2.23. The summed E-state index contributed by atoms with van der Waals surface area (Å²) in [5.41, 5.74) is 1.57. The molecule has 2 aromatic heterocycles. The van der Waals surface area contributed by atoms with E-state index in [1.54, 1.807) is 35.3 Å². The second-order valence-corrected chi connectivity index (χ2v) is 8.59. The highest BCUT2D eigenvalue weighted by Gasteiger charge is 2.12. The van der Waals surface area contributed by atoms with Crippen LogP contribution in [0.4, 0.5) is 5.69 Å². The predicted octanol–water partition coefficient (Wildman–Crippen LogP) is 4.04. The van der Waals surface area contributed by atoms with E-state index in [2.05, 4.69) is 47.6 Å². The van der Waals surface area contributed by atoms with Crippen LogP contribution in [0, 0.1) is 0 Å². The van der Waals surface area contributed by atoms with Gasteiger partial charge in [0, 0.05) is 29.1 Å². The minimum absolute atomic E-state index is 0.144. The maximum atomic E-state index is 12.2. The van der Waals surface area contributed by atoms with Crippen LogP contribution in [-0.4, -0.2) is 21.6 Å². The summed E-state index contributed by atoms with van der Waals surface area (Å²) in [6.45, 7) is 0.519. The molecule has 6 nitrogen and oxygen atoms in total. The molecule has 1 aromatic carbocycles. The van der Waals surface area contributed by atoms with Crippen LogP contribution in [0.15, 0.2) is 57.1 Å². The van der Waals surface area contributed by atoms with E-state index in [4.69, 9.17) is 0 Å². The van der Waals surface area contributed by atoms with Gasteiger partial charge in [-0.1, -0.05) is 12.1 Å². The molecule has 0 unspecified atom stereocenters. The number of halogens is 2. The average Bonchev–Trinajstić information content (AvgIpc) is 3.23. The molecule has 9 heteroatoms. The van der Waals surface area contributed by atoms with Crippen molar-refractivity contribution in [2.45, 2.75) is 13.1 Å². The number of amides is 2. The van der Waals surface area contributed by atoms with Crippen molar-refractivity contribution in [1.29, 1.82) is 0 Å². The summed E-state index contributed by atoms with van der Waals surface area (Å²) in [7, 11) is 0. The number of aromatic nitrogens is 2. The quantitative estimate of drug-likeness (QED) is 0.539. The number of thiophene rings is 1. The lowest BCUT2D eigenvalue weighted by molar-refractivity contribution is -0.116. The molecule has 0 aliphatic carbocycles. The van der Waals surface area contributed by atoms with Crippen molar-refractivity contribution in [1.82, 2.24) is 15.1 Å². The SMILES string of the molecule is O=C(Cn1cccn1)Nc1cccc(CNC(=O)c2cc(Br)c(Br)s2)c1. The fourth-order valence-corrected chi connectivity index (χ4v) is 4.18. The van der Waals surface area contributed by atoms with Crippen molar-refractivity contribution in [3.63, 3.8) is 0 Å². The standard InChI is InChI=1S/C17H14Br2N4O2S/c18-13-8-14(26-16(13)19)17(25)20-9-11-3-1-4-12(7-11)22-15(24)10-23-6-2-5-21-23/h1-8H,9-10H2,(H,20,25)(H,22,24). The molecule has 0 atom stereocenters. The van der Waals surface area contributed by atoms with Gasteiger partial charge in [0.15, 0.2) is 0 Å². The van der Waals surface area contributed by atoms with Crippen LogP contribution in [0.5, 0.6) is 0 Å². The van der Waals surface area contributed by atoms with Crippen LogP contribution in [0.3, 0.4) is 0 Å². The third kappa shape index (κ3) is 5.03. The molecule has 0 aliphatic heterocycles. The van der Waals surface area contributed by atoms with Gasteiger partial charge in [0.2, 0.25) is 5.91 Å². The number of hydrogen-bond acceptors (Lipinski definition) is 4. The van der Waals surface area contributed by atoms with E-state index in [1.165, 1.54) is 11.3 Å². The fraction of sp³-hybridized carbons (Fsp3) is 0.118. The highest BCUT2D eigenvalue weighted by atomic mass is 79.9. The lowest BCUT2D eigenvalue weighted by atomic mass is 10.2. The monoisotopic (exact) mass is 496 g/mol. The zero-order chi connectivity index (χ0) is 18.5. The lowest BCUT2D eigenvalue weighted by Gasteiger charge is -2.08. The summed E-state index contributed by atoms with van der Waals surface area (Å²) < 4.78 is 3.29. The van der Waals surface area contributed by atoms with Gasteiger partial charge in [-0.05, 0) is 61.7 Å². The minimum atomic E-state index is -0.164. The molecule has 0 bridgehead atoms. The van der Waals surface area contributed by atoms with E-state index < -0.39 is 0 Å². The van der Waals surface area contributed by atoms with Crippen LogP contribution < -0.4 is 10.6 Å². The first-order valence-corrected chi connectivity index (χ1v) is 10.0. The van der Waals surface area contributed by atoms with Crippen molar-refractivity contribution in [3.05, 3.63) is 67.5 Å². The Morgan fingerprint density at radius 3 is 2.73 bits per heavy atom. The number of carbonyl (C=O) groups excluding carboxylic acids is 2. The van der Waals surface area contributed by atoms with E-state index >= 15 is 0 Å². The maximum absolute atomic E-state index is 12.2. The Hall–Kier alpha value is -1.97. The van der Waals surface area contributed by atoms with E-state index in [1.807, 2.05) is 18.2 Å². The number of nitrogens with one attached hydrogen (secondary N) is 2. The normalized spacial score (nSPS) is 10.5. The van der Waals surface area contributed by atoms with Gasteiger partial charge in [-0.15, -0.1) is 11.3 Å². The third-order valence-electron chi connectivity index (χ3n) is 3.40. The van der Waals surface area contributed by atoms with Crippen LogP contribution in [0.2, 0.25) is 0 Å². The van der Waals surface area contributed by atoms with Crippen molar-refractivity contribution in [2.75, 3.05) is 5.32 Å². The molecule has 0 saturated carbocycles. The molecule has 0 aliphatic rings. The van der Waals surface area contributed by atoms with Crippen molar-refractivity contribution >= 4 is 60.7 Å². The average molecular weight is 498 g/mol. The van der Waals surface area contributed by atoms with E-state index in [0.29, 0.717) is 17.1 Å². The van der Waals surface area contributed by atoms with Crippen molar-refractivity contribution in [2.24, 2.45) is 0 Å². The minimum Gasteiger partial charge on any atom is -0.347 e. The first-order valence-electron chi connectivity index (χ1n) is 7.60. The van der Waals surface area contributed by atoms with Gasteiger partial charge >= 0.3 is 0 Å². The number of benzene rings is 1. The third-order valence-corrected chi connectivity index (χ3v) is 6.65. The molecule has 3 aromatic rings.